The Morgan fingerprint density at radius 2 is 1.60 bits per heavy atom. The molecule has 1 aromatic carbocycles. The van der Waals surface area contributed by atoms with Gasteiger partial charge in [0.05, 0.1) is 24.3 Å². The Hall–Kier alpha value is -3.27. The fraction of sp³-hybridized carbons (Fsp3) is 0.300. The van der Waals surface area contributed by atoms with Crippen LogP contribution in [-0.2, 0) is 19.0 Å². The van der Waals surface area contributed by atoms with Gasteiger partial charge in [-0.25, -0.2) is 18.8 Å². The first kappa shape index (κ1) is 23.0. The topological polar surface area (TPSA) is 108 Å². The number of benzene rings is 1. The SMILES string of the molecule is CCOC(=O)c1sc(NC(=O)COC(=O)c2ccccc2F)c(C(=O)OCC)c1C. The molecule has 2 rings (SSSR count). The van der Waals surface area contributed by atoms with Gasteiger partial charge in [-0.1, -0.05) is 12.1 Å². The molecular formula is C20H20FNO7S. The average Bonchev–Trinajstić information content (AvgIpc) is 3.02. The van der Waals surface area contributed by atoms with Crippen LogP contribution in [-0.4, -0.2) is 43.6 Å². The van der Waals surface area contributed by atoms with Gasteiger partial charge in [-0.15, -0.1) is 11.3 Å². The summed E-state index contributed by atoms with van der Waals surface area (Å²) < 4.78 is 28.4. The van der Waals surface area contributed by atoms with Crippen molar-refractivity contribution >= 4 is 40.2 Å². The van der Waals surface area contributed by atoms with E-state index in [1.54, 1.807) is 13.8 Å². The highest BCUT2D eigenvalue weighted by atomic mass is 32.1. The lowest BCUT2D eigenvalue weighted by Gasteiger charge is -2.08. The number of carbonyl (C=O) groups excluding carboxylic acids is 4. The number of hydrogen-bond donors (Lipinski definition) is 1. The van der Waals surface area contributed by atoms with Gasteiger partial charge in [-0.3, -0.25) is 4.79 Å². The van der Waals surface area contributed by atoms with Crippen molar-refractivity contribution < 1.29 is 37.8 Å². The predicted octanol–water partition coefficient (Wildman–Crippen LogP) is 3.34. The molecule has 0 bridgehead atoms. The van der Waals surface area contributed by atoms with Gasteiger partial charge < -0.3 is 19.5 Å². The zero-order chi connectivity index (χ0) is 22.3. The van der Waals surface area contributed by atoms with Crippen molar-refractivity contribution in [2.75, 3.05) is 25.1 Å². The zero-order valence-corrected chi connectivity index (χ0v) is 17.4. The molecule has 0 aliphatic carbocycles. The minimum Gasteiger partial charge on any atom is -0.462 e. The lowest BCUT2D eigenvalue weighted by atomic mass is 10.1. The minimum absolute atomic E-state index is 0.0127. The molecule has 0 saturated carbocycles. The third-order valence-corrected chi connectivity index (χ3v) is 4.96. The summed E-state index contributed by atoms with van der Waals surface area (Å²) in [6.07, 6.45) is 0. The van der Waals surface area contributed by atoms with E-state index in [9.17, 15) is 23.6 Å². The van der Waals surface area contributed by atoms with Crippen LogP contribution in [0, 0.1) is 12.7 Å². The molecule has 8 nitrogen and oxygen atoms in total. The number of esters is 3. The second kappa shape index (κ2) is 10.5. The largest absolute Gasteiger partial charge is 0.462 e. The molecule has 0 atom stereocenters. The van der Waals surface area contributed by atoms with Crippen LogP contribution in [0.3, 0.4) is 0 Å². The normalized spacial score (nSPS) is 10.3. The number of thiophene rings is 1. The van der Waals surface area contributed by atoms with Gasteiger partial charge >= 0.3 is 17.9 Å². The summed E-state index contributed by atoms with van der Waals surface area (Å²) in [5.41, 5.74) is 0.00307. The van der Waals surface area contributed by atoms with Crippen molar-refractivity contribution in [2.45, 2.75) is 20.8 Å². The molecule has 2 aromatic rings. The van der Waals surface area contributed by atoms with Gasteiger partial charge in [-0.2, -0.15) is 0 Å². The van der Waals surface area contributed by atoms with Crippen LogP contribution in [0.5, 0.6) is 0 Å². The molecule has 0 radical (unpaired) electrons. The highest BCUT2D eigenvalue weighted by molar-refractivity contribution is 7.18. The first-order valence-corrected chi connectivity index (χ1v) is 9.80. The number of rotatable bonds is 8. The van der Waals surface area contributed by atoms with E-state index in [0.717, 1.165) is 17.4 Å². The van der Waals surface area contributed by atoms with Crippen LogP contribution < -0.4 is 5.32 Å². The second-order valence-corrected chi connectivity index (χ2v) is 6.83. The summed E-state index contributed by atoms with van der Waals surface area (Å²) in [6.45, 7) is 4.30. The summed E-state index contributed by atoms with van der Waals surface area (Å²) in [4.78, 5) is 48.7. The summed E-state index contributed by atoms with van der Waals surface area (Å²) in [5, 5.41) is 2.49. The van der Waals surface area contributed by atoms with Gasteiger partial charge in [0, 0.05) is 0 Å². The Bertz CT molecular complexity index is 970. The third-order valence-electron chi connectivity index (χ3n) is 3.77. The lowest BCUT2D eigenvalue weighted by molar-refractivity contribution is -0.119. The summed E-state index contributed by atoms with van der Waals surface area (Å²) in [6, 6.07) is 5.18. The van der Waals surface area contributed by atoms with Crippen LogP contribution in [0.1, 0.15) is 49.8 Å². The highest BCUT2D eigenvalue weighted by Crippen LogP contribution is 2.34. The molecule has 1 heterocycles. The molecule has 30 heavy (non-hydrogen) atoms. The number of amides is 1. The molecule has 1 aromatic heterocycles. The fourth-order valence-corrected chi connectivity index (χ4v) is 3.55. The van der Waals surface area contributed by atoms with Gasteiger partial charge in [0.15, 0.2) is 6.61 Å². The van der Waals surface area contributed by atoms with Crippen LogP contribution in [0.2, 0.25) is 0 Å². The van der Waals surface area contributed by atoms with Crippen molar-refractivity contribution in [3.63, 3.8) is 0 Å². The van der Waals surface area contributed by atoms with Crippen molar-refractivity contribution in [1.82, 2.24) is 0 Å². The third kappa shape index (κ3) is 5.41. The molecule has 0 aliphatic heterocycles. The maximum atomic E-state index is 13.6. The Morgan fingerprint density at radius 1 is 0.967 bits per heavy atom. The summed E-state index contributed by atoms with van der Waals surface area (Å²) >= 11 is 0.842. The maximum absolute atomic E-state index is 13.6. The van der Waals surface area contributed by atoms with Crippen molar-refractivity contribution in [3.05, 3.63) is 51.7 Å². The lowest BCUT2D eigenvalue weighted by Crippen LogP contribution is -2.22. The molecule has 160 valence electrons. The van der Waals surface area contributed by atoms with Crippen molar-refractivity contribution in [3.8, 4) is 0 Å². The minimum atomic E-state index is -1.01. The Labute approximate surface area is 175 Å². The molecule has 0 spiro atoms. The average molecular weight is 437 g/mol. The molecular weight excluding hydrogens is 417 g/mol. The molecule has 0 unspecified atom stereocenters. The maximum Gasteiger partial charge on any atom is 0.348 e. The van der Waals surface area contributed by atoms with Gasteiger partial charge in [0.1, 0.15) is 15.7 Å². The number of ether oxygens (including phenoxy) is 3. The molecule has 1 amide bonds. The Morgan fingerprint density at radius 3 is 2.23 bits per heavy atom. The number of carbonyl (C=O) groups is 4. The Balaban J connectivity index is 2.17. The quantitative estimate of drug-likeness (QED) is 0.498. The van der Waals surface area contributed by atoms with E-state index in [-0.39, 0.29) is 34.2 Å². The highest BCUT2D eigenvalue weighted by Gasteiger charge is 2.27. The van der Waals surface area contributed by atoms with Crippen LogP contribution in [0.4, 0.5) is 9.39 Å². The smallest absolute Gasteiger partial charge is 0.348 e. The number of hydrogen-bond acceptors (Lipinski definition) is 8. The first-order chi connectivity index (χ1) is 14.3. The zero-order valence-electron chi connectivity index (χ0n) is 16.6. The number of halogens is 1. The van der Waals surface area contributed by atoms with Gasteiger partial charge in [-0.05, 0) is 38.5 Å². The molecule has 0 saturated heterocycles. The molecule has 1 N–H and O–H groups in total. The molecule has 0 aliphatic rings. The Kier molecular flexibility index (Phi) is 8.05. The van der Waals surface area contributed by atoms with E-state index in [0.29, 0.717) is 5.56 Å². The van der Waals surface area contributed by atoms with E-state index in [1.807, 2.05) is 0 Å². The monoisotopic (exact) mass is 437 g/mol. The number of nitrogens with one attached hydrogen (secondary N) is 1. The van der Waals surface area contributed by atoms with E-state index < -0.39 is 36.2 Å². The fourth-order valence-electron chi connectivity index (χ4n) is 2.44. The van der Waals surface area contributed by atoms with Crippen LogP contribution in [0.25, 0.3) is 0 Å². The standard InChI is InChI=1S/C20H20FNO7S/c1-4-27-19(25)15-11(3)16(20(26)28-5-2)30-17(15)22-14(23)10-29-18(24)12-8-6-7-9-13(12)21/h6-9H,4-5,10H2,1-3H3,(H,22,23). The van der Waals surface area contributed by atoms with Crippen molar-refractivity contribution in [2.24, 2.45) is 0 Å². The molecule has 0 fully saturated rings. The van der Waals surface area contributed by atoms with Crippen LogP contribution in [0.15, 0.2) is 24.3 Å². The van der Waals surface area contributed by atoms with E-state index in [4.69, 9.17) is 14.2 Å². The summed E-state index contributed by atoms with van der Waals surface area (Å²) in [5.74, 6) is -3.93. The van der Waals surface area contributed by atoms with Crippen LogP contribution >= 0.6 is 11.3 Å². The van der Waals surface area contributed by atoms with E-state index in [1.165, 1.54) is 25.1 Å². The van der Waals surface area contributed by atoms with E-state index >= 15 is 0 Å². The second-order valence-electron chi connectivity index (χ2n) is 5.81. The van der Waals surface area contributed by atoms with Gasteiger partial charge in [0.2, 0.25) is 0 Å². The molecule has 10 heteroatoms. The number of anilines is 1. The first-order valence-electron chi connectivity index (χ1n) is 8.99. The van der Waals surface area contributed by atoms with Gasteiger partial charge in [0.25, 0.3) is 5.91 Å². The van der Waals surface area contributed by atoms with E-state index in [2.05, 4.69) is 5.32 Å². The summed E-state index contributed by atoms with van der Waals surface area (Å²) in [7, 11) is 0. The predicted molar refractivity (Wildman–Crippen MR) is 106 cm³/mol. The van der Waals surface area contributed by atoms with Crippen molar-refractivity contribution in [1.29, 1.82) is 0 Å².